The van der Waals surface area contributed by atoms with Gasteiger partial charge in [0, 0.05) is 18.8 Å². The summed E-state index contributed by atoms with van der Waals surface area (Å²) in [6.07, 6.45) is 2.90. The van der Waals surface area contributed by atoms with Crippen LogP contribution in [-0.2, 0) is 13.0 Å². The number of anilines is 1. The summed E-state index contributed by atoms with van der Waals surface area (Å²) in [7, 11) is 2.16. The van der Waals surface area contributed by atoms with Gasteiger partial charge in [0.25, 0.3) is 0 Å². The molecule has 1 aromatic heterocycles. The Morgan fingerprint density at radius 1 is 1.26 bits per heavy atom. The zero-order valence-electron chi connectivity index (χ0n) is 11.3. The largest absolute Gasteiger partial charge is 0.468 e. The Kier molecular flexibility index (Phi) is 3.56. The fourth-order valence-electron chi connectivity index (χ4n) is 2.81. The molecule has 0 radical (unpaired) electrons. The second kappa shape index (κ2) is 5.49. The van der Waals surface area contributed by atoms with Crippen LogP contribution in [0.4, 0.5) is 5.69 Å². The third kappa shape index (κ3) is 2.99. The maximum absolute atomic E-state index is 5.39. The van der Waals surface area contributed by atoms with Crippen molar-refractivity contribution >= 4 is 5.69 Å². The SMILES string of the molecule is CN(Cc1ccco1)CC1CNc2ccccc2C1. The van der Waals surface area contributed by atoms with E-state index in [-0.39, 0.29) is 0 Å². The number of benzene rings is 1. The highest BCUT2D eigenvalue weighted by molar-refractivity contribution is 5.53. The Morgan fingerprint density at radius 2 is 2.16 bits per heavy atom. The number of hydrogen-bond donors (Lipinski definition) is 1. The third-order valence-corrected chi connectivity index (χ3v) is 3.68. The number of nitrogens with zero attached hydrogens (tertiary/aromatic N) is 1. The van der Waals surface area contributed by atoms with E-state index in [0.717, 1.165) is 31.8 Å². The van der Waals surface area contributed by atoms with Crippen LogP contribution < -0.4 is 5.32 Å². The molecule has 0 saturated carbocycles. The molecule has 0 saturated heterocycles. The smallest absolute Gasteiger partial charge is 0.117 e. The van der Waals surface area contributed by atoms with Crippen LogP contribution in [0.5, 0.6) is 0 Å². The first-order chi connectivity index (χ1) is 9.31. The van der Waals surface area contributed by atoms with Gasteiger partial charge in [0.2, 0.25) is 0 Å². The van der Waals surface area contributed by atoms with Crippen LogP contribution in [0.25, 0.3) is 0 Å². The van der Waals surface area contributed by atoms with Gasteiger partial charge < -0.3 is 9.73 Å². The van der Waals surface area contributed by atoms with Gasteiger partial charge in [-0.1, -0.05) is 18.2 Å². The molecule has 3 rings (SSSR count). The van der Waals surface area contributed by atoms with Gasteiger partial charge in [-0.2, -0.15) is 0 Å². The van der Waals surface area contributed by atoms with E-state index in [9.17, 15) is 0 Å². The fraction of sp³-hybridized carbons (Fsp3) is 0.375. The number of furan rings is 1. The maximum Gasteiger partial charge on any atom is 0.117 e. The van der Waals surface area contributed by atoms with Crippen LogP contribution in [0, 0.1) is 5.92 Å². The Balaban J connectivity index is 1.57. The van der Waals surface area contributed by atoms with Crippen LogP contribution in [0.2, 0.25) is 0 Å². The lowest BCUT2D eigenvalue weighted by atomic mass is 9.93. The zero-order valence-corrected chi connectivity index (χ0v) is 11.3. The Morgan fingerprint density at radius 3 is 3.00 bits per heavy atom. The predicted octanol–water partition coefficient (Wildman–Crippen LogP) is 3.00. The summed E-state index contributed by atoms with van der Waals surface area (Å²) < 4.78 is 5.39. The molecule has 1 aromatic carbocycles. The van der Waals surface area contributed by atoms with Crippen LogP contribution in [0.3, 0.4) is 0 Å². The van der Waals surface area contributed by atoms with Crippen LogP contribution in [-0.4, -0.2) is 25.0 Å². The van der Waals surface area contributed by atoms with Gasteiger partial charge in [-0.3, -0.25) is 4.90 Å². The molecule has 0 bridgehead atoms. The standard InChI is InChI=1S/C16H20N2O/c1-18(12-15-6-4-8-19-15)11-13-9-14-5-2-3-7-16(14)17-10-13/h2-8,13,17H,9-12H2,1H3. The van der Waals surface area contributed by atoms with Crippen LogP contribution in [0.1, 0.15) is 11.3 Å². The van der Waals surface area contributed by atoms with Gasteiger partial charge >= 0.3 is 0 Å². The third-order valence-electron chi connectivity index (χ3n) is 3.68. The Hall–Kier alpha value is -1.74. The number of hydrogen-bond acceptors (Lipinski definition) is 3. The van der Waals surface area contributed by atoms with Gasteiger partial charge in [0.1, 0.15) is 5.76 Å². The molecule has 3 nitrogen and oxygen atoms in total. The van der Waals surface area contributed by atoms with E-state index in [1.54, 1.807) is 6.26 Å². The summed E-state index contributed by atoms with van der Waals surface area (Å²) in [4.78, 5) is 2.33. The van der Waals surface area contributed by atoms with E-state index >= 15 is 0 Å². The molecule has 1 aliphatic rings. The van der Waals surface area contributed by atoms with Crippen molar-refractivity contribution in [3.8, 4) is 0 Å². The highest BCUT2D eigenvalue weighted by Crippen LogP contribution is 2.24. The topological polar surface area (TPSA) is 28.4 Å². The quantitative estimate of drug-likeness (QED) is 0.911. The van der Waals surface area contributed by atoms with Crippen molar-refractivity contribution in [2.75, 3.05) is 25.5 Å². The average Bonchev–Trinajstić information content (AvgIpc) is 2.91. The average molecular weight is 256 g/mol. The van der Waals surface area contributed by atoms with Crippen molar-refractivity contribution in [2.45, 2.75) is 13.0 Å². The molecule has 0 spiro atoms. The van der Waals surface area contributed by atoms with Gasteiger partial charge in [-0.25, -0.2) is 0 Å². The summed E-state index contributed by atoms with van der Waals surface area (Å²) in [5.74, 6) is 1.70. The normalized spacial score (nSPS) is 18.1. The van der Waals surface area contributed by atoms with Gasteiger partial charge in [0.15, 0.2) is 0 Å². The predicted molar refractivity (Wildman–Crippen MR) is 77.2 cm³/mol. The molecule has 2 aromatic rings. The lowest BCUT2D eigenvalue weighted by molar-refractivity contribution is 0.251. The van der Waals surface area contributed by atoms with Gasteiger partial charge in [0.05, 0.1) is 12.8 Å². The molecular weight excluding hydrogens is 236 g/mol. The molecular formula is C16H20N2O. The van der Waals surface area contributed by atoms with Crippen molar-refractivity contribution in [2.24, 2.45) is 5.92 Å². The first-order valence-corrected chi connectivity index (χ1v) is 6.84. The summed E-state index contributed by atoms with van der Waals surface area (Å²) in [5, 5.41) is 3.53. The highest BCUT2D eigenvalue weighted by atomic mass is 16.3. The second-order valence-corrected chi connectivity index (χ2v) is 5.38. The molecule has 0 aliphatic carbocycles. The molecule has 1 atom stereocenters. The minimum absolute atomic E-state index is 0.662. The number of fused-ring (bicyclic) bond motifs is 1. The van der Waals surface area contributed by atoms with Crippen LogP contribution >= 0.6 is 0 Å². The minimum Gasteiger partial charge on any atom is -0.468 e. The van der Waals surface area contributed by atoms with E-state index in [0.29, 0.717) is 5.92 Å². The molecule has 100 valence electrons. The van der Waals surface area contributed by atoms with E-state index in [2.05, 4.69) is 41.5 Å². The summed E-state index contributed by atoms with van der Waals surface area (Å²) in [5.41, 5.74) is 2.73. The van der Waals surface area contributed by atoms with Crippen molar-refractivity contribution in [3.05, 3.63) is 54.0 Å². The first-order valence-electron chi connectivity index (χ1n) is 6.84. The fourth-order valence-corrected chi connectivity index (χ4v) is 2.81. The highest BCUT2D eigenvalue weighted by Gasteiger charge is 2.19. The molecule has 3 heteroatoms. The summed E-state index contributed by atoms with van der Waals surface area (Å²) >= 11 is 0. The van der Waals surface area contributed by atoms with Crippen molar-refractivity contribution in [3.63, 3.8) is 0 Å². The monoisotopic (exact) mass is 256 g/mol. The number of rotatable bonds is 4. The molecule has 1 N–H and O–H groups in total. The molecule has 1 aliphatic heterocycles. The van der Waals surface area contributed by atoms with Crippen molar-refractivity contribution in [1.82, 2.24) is 4.90 Å². The lowest BCUT2D eigenvalue weighted by Gasteiger charge is -2.29. The molecule has 2 heterocycles. The number of para-hydroxylation sites is 1. The zero-order chi connectivity index (χ0) is 13.1. The Bertz CT molecular complexity index is 521. The van der Waals surface area contributed by atoms with Crippen molar-refractivity contribution in [1.29, 1.82) is 0 Å². The first kappa shape index (κ1) is 12.3. The molecule has 1 unspecified atom stereocenters. The minimum atomic E-state index is 0.662. The van der Waals surface area contributed by atoms with Gasteiger partial charge in [-0.15, -0.1) is 0 Å². The van der Waals surface area contributed by atoms with E-state index in [1.165, 1.54) is 11.3 Å². The van der Waals surface area contributed by atoms with Gasteiger partial charge in [-0.05, 0) is 43.1 Å². The second-order valence-electron chi connectivity index (χ2n) is 5.38. The molecule has 0 amide bonds. The maximum atomic E-state index is 5.39. The Labute approximate surface area is 114 Å². The van der Waals surface area contributed by atoms with E-state index in [1.807, 2.05) is 12.1 Å². The van der Waals surface area contributed by atoms with E-state index < -0.39 is 0 Å². The molecule has 19 heavy (non-hydrogen) atoms. The molecule has 0 fully saturated rings. The summed E-state index contributed by atoms with van der Waals surface area (Å²) in [6, 6.07) is 12.6. The lowest BCUT2D eigenvalue weighted by Crippen LogP contribution is -2.33. The summed E-state index contributed by atoms with van der Waals surface area (Å²) in [6.45, 7) is 3.02. The van der Waals surface area contributed by atoms with E-state index in [4.69, 9.17) is 4.42 Å². The van der Waals surface area contributed by atoms with Crippen molar-refractivity contribution < 1.29 is 4.42 Å². The van der Waals surface area contributed by atoms with Crippen LogP contribution in [0.15, 0.2) is 47.1 Å². The number of nitrogens with one attached hydrogen (secondary N) is 1.